The maximum absolute atomic E-state index is 11.8. The van der Waals surface area contributed by atoms with E-state index in [1.807, 2.05) is 19.0 Å². The molecular formula is C12H26N3O+. The molecule has 16 heavy (non-hydrogen) atoms. The minimum Gasteiger partial charge on any atom is -0.331 e. The Balaban J connectivity index is 2.41. The molecule has 0 unspecified atom stereocenters. The number of urea groups is 1. The maximum atomic E-state index is 11.8. The van der Waals surface area contributed by atoms with E-state index in [0.29, 0.717) is 0 Å². The van der Waals surface area contributed by atoms with Crippen LogP contribution in [0.5, 0.6) is 0 Å². The van der Waals surface area contributed by atoms with Crippen LogP contribution in [-0.2, 0) is 0 Å². The number of hydrogen-bond acceptors (Lipinski definition) is 1. The van der Waals surface area contributed by atoms with Gasteiger partial charge in [0.05, 0.1) is 39.8 Å². The van der Waals surface area contributed by atoms with E-state index in [1.165, 1.54) is 19.4 Å². The fourth-order valence-electron chi connectivity index (χ4n) is 2.19. The van der Waals surface area contributed by atoms with Crippen LogP contribution in [0.25, 0.3) is 0 Å². The van der Waals surface area contributed by atoms with Gasteiger partial charge in [0.2, 0.25) is 0 Å². The molecule has 0 aromatic rings. The summed E-state index contributed by atoms with van der Waals surface area (Å²) >= 11 is 0. The lowest BCUT2D eigenvalue weighted by Crippen LogP contribution is -2.59. The number of piperazine rings is 1. The van der Waals surface area contributed by atoms with Gasteiger partial charge in [-0.15, -0.1) is 0 Å². The minimum atomic E-state index is 0.154. The molecule has 1 fully saturated rings. The lowest BCUT2D eigenvalue weighted by molar-refractivity contribution is -0.913. The summed E-state index contributed by atoms with van der Waals surface area (Å²) in [5.41, 5.74) is 0. The molecule has 1 rings (SSSR count). The number of nitrogens with zero attached hydrogens (tertiary/aromatic N) is 3. The van der Waals surface area contributed by atoms with Crippen LogP contribution in [0.15, 0.2) is 0 Å². The third kappa shape index (κ3) is 3.37. The predicted octanol–water partition coefficient (Wildman–Crippen LogP) is 1.23. The Bertz CT molecular complexity index is 232. The van der Waals surface area contributed by atoms with Gasteiger partial charge in [0.15, 0.2) is 0 Å². The van der Waals surface area contributed by atoms with Crippen molar-refractivity contribution in [3.05, 3.63) is 0 Å². The van der Waals surface area contributed by atoms with Gasteiger partial charge in [-0.1, -0.05) is 13.3 Å². The second-order valence-electron chi connectivity index (χ2n) is 5.31. The molecule has 0 aliphatic carbocycles. The van der Waals surface area contributed by atoms with E-state index < -0.39 is 0 Å². The second kappa shape index (κ2) is 5.53. The van der Waals surface area contributed by atoms with Crippen molar-refractivity contribution in [2.75, 3.05) is 53.9 Å². The molecule has 0 aromatic heterocycles. The van der Waals surface area contributed by atoms with Crippen molar-refractivity contribution in [2.45, 2.75) is 19.8 Å². The molecule has 1 aliphatic heterocycles. The highest BCUT2D eigenvalue weighted by molar-refractivity contribution is 5.73. The number of likely N-dealkylation sites (N-methyl/N-ethyl adjacent to an activating group) is 1. The van der Waals surface area contributed by atoms with Crippen LogP contribution < -0.4 is 0 Å². The van der Waals surface area contributed by atoms with E-state index in [0.717, 1.165) is 30.7 Å². The van der Waals surface area contributed by atoms with Gasteiger partial charge in [0.1, 0.15) is 0 Å². The highest BCUT2D eigenvalue weighted by Crippen LogP contribution is 2.12. The Morgan fingerprint density at radius 2 is 1.88 bits per heavy atom. The monoisotopic (exact) mass is 228 g/mol. The van der Waals surface area contributed by atoms with Crippen LogP contribution in [0.1, 0.15) is 19.8 Å². The van der Waals surface area contributed by atoms with Crippen molar-refractivity contribution in [3.8, 4) is 0 Å². The van der Waals surface area contributed by atoms with Crippen molar-refractivity contribution >= 4 is 6.03 Å². The first-order valence-electron chi connectivity index (χ1n) is 6.28. The molecule has 0 aromatic carbocycles. The van der Waals surface area contributed by atoms with Crippen LogP contribution in [0.3, 0.4) is 0 Å². The molecule has 2 amide bonds. The Labute approximate surface area is 99.4 Å². The van der Waals surface area contributed by atoms with Gasteiger partial charge in [-0.3, -0.25) is 0 Å². The maximum Gasteiger partial charge on any atom is 0.319 e. The first kappa shape index (κ1) is 13.3. The van der Waals surface area contributed by atoms with Gasteiger partial charge >= 0.3 is 6.03 Å². The molecule has 1 saturated heterocycles. The van der Waals surface area contributed by atoms with Gasteiger partial charge in [-0.2, -0.15) is 0 Å². The van der Waals surface area contributed by atoms with Crippen LogP contribution in [0, 0.1) is 0 Å². The van der Waals surface area contributed by atoms with Gasteiger partial charge < -0.3 is 14.3 Å². The molecular weight excluding hydrogens is 202 g/mol. The normalized spacial score (nSPS) is 19.6. The van der Waals surface area contributed by atoms with Crippen LogP contribution in [0.2, 0.25) is 0 Å². The van der Waals surface area contributed by atoms with Gasteiger partial charge in [0, 0.05) is 14.1 Å². The smallest absolute Gasteiger partial charge is 0.319 e. The summed E-state index contributed by atoms with van der Waals surface area (Å²) in [6, 6.07) is 0.154. The number of carbonyl (C=O) groups is 1. The Kier molecular flexibility index (Phi) is 4.59. The highest BCUT2D eigenvalue weighted by Gasteiger charge is 2.30. The number of hydrogen-bond donors (Lipinski definition) is 0. The van der Waals surface area contributed by atoms with E-state index in [-0.39, 0.29) is 6.03 Å². The third-order valence-corrected chi connectivity index (χ3v) is 3.52. The summed E-state index contributed by atoms with van der Waals surface area (Å²) in [7, 11) is 5.96. The summed E-state index contributed by atoms with van der Waals surface area (Å²) in [6.45, 7) is 7.48. The molecule has 0 bridgehead atoms. The van der Waals surface area contributed by atoms with E-state index in [1.54, 1.807) is 4.90 Å². The van der Waals surface area contributed by atoms with Gasteiger partial charge in [-0.25, -0.2) is 4.79 Å². The van der Waals surface area contributed by atoms with Crippen LogP contribution >= 0.6 is 0 Å². The standard InChI is InChI=1S/C12H26N3O/c1-5-6-9-15(4)10-7-14(8-11-15)12(16)13(2)3/h5-11H2,1-4H3/q+1. The molecule has 0 N–H and O–H groups in total. The van der Waals surface area contributed by atoms with Gasteiger partial charge in [0.25, 0.3) is 0 Å². The van der Waals surface area contributed by atoms with Crippen molar-refractivity contribution in [1.29, 1.82) is 0 Å². The average molecular weight is 228 g/mol. The number of amides is 2. The largest absolute Gasteiger partial charge is 0.331 e. The number of rotatable bonds is 3. The number of quaternary nitrogens is 1. The zero-order valence-corrected chi connectivity index (χ0v) is 11.2. The fourth-order valence-corrected chi connectivity index (χ4v) is 2.19. The predicted molar refractivity (Wildman–Crippen MR) is 66.3 cm³/mol. The van der Waals surface area contributed by atoms with Crippen LogP contribution in [0.4, 0.5) is 4.79 Å². The molecule has 94 valence electrons. The van der Waals surface area contributed by atoms with Crippen molar-refractivity contribution in [2.24, 2.45) is 0 Å². The topological polar surface area (TPSA) is 23.6 Å². The zero-order valence-electron chi connectivity index (χ0n) is 11.2. The third-order valence-electron chi connectivity index (χ3n) is 3.52. The molecule has 1 heterocycles. The lowest BCUT2D eigenvalue weighted by atomic mass is 10.2. The number of unbranched alkanes of at least 4 members (excludes halogenated alkanes) is 1. The fraction of sp³-hybridized carbons (Fsp3) is 0.917. The summed E-state index contributed by atoms with van der Waals surface area (Å²) in [5, 5.41) is 0. The molecule has 0 radical (unpaired) electrons. The Morgan fingerprint density at radius 1 is 1.31 bits per heavy atom. The highest BCUT2D eigenvalue weighted by atomic mass is 16.2. The van der Waals surface area contributed by atoms with E-state index in [2.05, 4.69) is 14.0 Å². The number of carbonyl (C=O) groups excluding carboxylic acids is 1. The molecule has 0 spiro atoms. The summed E-state index contributed by atoms with van der Waals surface area (Å²) in [4.78, 5) is 15.4. The molecule has 0 atom stereocenters. The zero-order chi connectivity index (χ0) is 12.2. The molecule has 4 heteroatoms. The Morgan fingerprint density at radius 3 is 2.31 bits per heavy atom. The van der Waals surface area contributed by atoms with Crippen molar-refractivity contribution < 1.29 is 9.28 Å². The first-order chi connectivity index (χ1) is 7.48. The van der Waals surface area contributed by atoms with Gasteiger partial charge in [-0.05, 0) is 6.42 Å². The summed E-state index contributed by atoms with van der Waals surface area (Å²) in [6.07, 6.45) is 2.55. The van der Waals surface area contributed by atoms with Crippen molar-refractivity contribution in [3.63, 3.8) is 0 Å². The van der Waals surface area contributed by atoms with Crippen molar-refractivity contribution in [1.82, 2.24) is 9.80 Å². The van der Waals surface area contributed by atoms with E-state index in [4.69, 9.17) is 0 Å². The second-order valence-corrected chi connectivity index (χ2v) is 5.31. The van der Waals surface area contributed by atoms with E-state index >= 15 is 0 Å². The minimum absolute atomic E-state index is 0.154. The van der Waals surface area contributed by atoms with Crippen LogP contribution in [-0.4, -0.2) is 74.2 Å². The molecule has 4 nitrogen and oxygen atoms in total. The Hall–Kier alpha value is -0.770. The average Bonchev–Trinajstić information content (AvgIpc) is 2.26. The summed E-state index contributed by atoms with van der Waals surface area (Å²) in [5.74, 6) is 0. The first-order valence-corrected chi connectivity index (χ1v) is 6.28. The lowest BCUT2D eigenvalue weighted by Gasteiger charge is -2.42. The summed E-state index contributed by atoms with van der Waals surface area (Å²) < 4.78 is 1.13. The SMILES string of the molecule is CCCC[N+]1(C)CCN(C(=O)N(C)C)CC1. The molecule has 1 aliphatic rings. The quantitative estimate of drug-likeness (QED) is 0.667. The molecule has 0 saturated carbocycles. The van der Waals surface area contributed by atoms with E-state index in [9.17, 15) is 4.79 Å².